The number of allylic oxidation sites excluding steroid dienone is 1. The molecule has 6 N–H and O–H groups in total. The van der Waals surface area contributed by atoms with Crippen LogP contribution in [0.3, 0.4) is 0 Å². The molecule has 1 aromatic carbocycles. The number of nitrogens with two attached hydrogens (primary N) is 1. The van der Waals surface area contributed by atoms with Gasteiger partial charge in [-0.1, -0.05) is 6.07 Å². The van der Waals surface area contributed by atoms with Gasteiger partial charge in [-0.25, -0.2) is 0 Å². The predicted octanol–water partition coefficient (Wildman–Crippen LogP) is 1.69. The Labute approximate surface area is 208 Å². The number of aliphatic hydroxyl groups excluding tert-OH is 2. The Kier molecular flexibility index (Phi) is 5.49. The van der Waals surface area contributed by atoms with E-state index in [2.05, 4.69) is 10.2 Å². The number of hydrogen-bond donors (Lipinski definition) is 5. The fourth-order valence-corrected chi connectivity index (χ4v) is 6.38. The number of aromatic amines is 1. The number of fused-ring (bicyclic) bond motifs is 3. The van der Waals surface area contributed by atoms with Gasteiger partial charge in [0, 0.05) is 55.0 Å². The van der Waals surface area contributed by atoms with Gasteiger partial charge in [-0.2, -0.15) is 5.10 Å². The number of nitrogens with one attached hydrogen (secondary N) is 1. The molecule has 2 aromatic rings. The van der Waals surface area contributed by atoms with Crippen molar-refractivity contribution in [2.75, 3.05) is 33.1 Å². The average Bonchev–Trinajstić information content (AvgIpc) is 3.34. The summed E-state index contributed by atoms with van der Waals surface area (Å²) in [5.74, 6) is -2.91. The number of carbonyl (C=O) groups excluding carboxylic acids is 2. The molecule has 0 bridgehead atoms. The van der Waals surface area contributed by atoms with Crippen LogP contribution in [0.5, 0.6) is 0 Å². The maximum atomic E-state index is 14.1. The molecule has 0 saturated heterocycles. The molecule has 0 fully saturated rings. The lowest BCUT2D eigenvalue weighted by Gasteiger charge is -2.51. The Morgan fingerprint density at radius 1 is 1.19 bits per heavy atom. The zero-order valence-corrected chi connectivity index (χ0v) is 20.7. The van der Waals surface area contributed by atoms with E-state index in [1.807, 2.05) is 31.1 Å². The number of Topliss-reactive ketones (excluding diaryl/α,β-unsaturated/α-hetero) is 1. The summed E-state index contributed by atoms with van der Waals surface area (Å²) >= 11 is 0. The summed E-state index contributed by atoms with van der Waals surface area (Å²) in [5.41, 5.74) is 7.16. The zero-order chi connectivity index (χ0) is 26.1. The second kappa shape index (κ2) is 8.21. The molecule has 0 saturated carbocycles. The lowest BCUT2D eigenvalue weighted by molar-refractivity contribution is -0.118. The molecule has 36 heavy (non-hydrogen) atoms. The maximum absolute atomic E-state index is 14.1. The number of H-pyrrole nitrogens is 1. The number of ketones is 1. The molecule has 0 unspecified atom stereocenters. The van der Waals surface area contributed by atoms with E-state index in [0.29, 0.717) is 29.7 Å². The maximum Gasteiger partial charge on any atom is 0.248 e. The summed E-state index contributed by atoms with van der Waals surface area (Å²) < 4.78 is 0. The van der Waals surface area contributed by atoms with E-state index in [9.17, 15) is 24.9 Å². The van der Waals surface area contributed by atoms with Crippen LogP contribution in [0, 0.1) is 11.8 Å². The highest BCUT2D eigenvalue weighted by molar-refractivity contribution is 6.16. The number of hydrogen-bond acceptors (Lipinski definition) is 8. The number of benzene rings is 1. The van der Waals surface area contributed by atoms with Crippen molar-refractivity contribution in [1.82, 2.24) is 15.1 Å². The van der Waals surface area contributed by atoms with Gasteiger partial charge in [-0.15, -0.1) is 0 Å². The van der Waals surface area contributed by atoms with Crippen molar-refractivity contribution in [3.8, 4) is 11.3 Å². The van der Waals surface area contributed by atoms with E-state index >= 15 is 0 Å². The molecule has 0 radical (unpaired) electrons. The molecule has 190 valence electrons. The van der Waals surface area contributed by atoms with Crippen LogP contribution >= 0.6 is 0 Å². The third-order valence-electron chi connectivity index (χ3n) is 7.98. The molecule has 10 nitrogen and oxygen atoms in total. The molecule has 3 aliphatic carbocycles. The smallest absolute Gasteiger partial charge is 0.248 e. The molecular formula is C26H31N5O5. The van der Waals surface area contributed by atoms with E-state index in [1.165, 1.54) is 0 Å². The second-order valence-corrected chi connectivity index (χ2v) is 10.4. The Bertz CT molecular complexity index is 1330. The van der Waals surface area contributed by atoms with Gasteiger partial charge in [-0.05, 0) is 50.6 Å². The summed E-state index contributed by atoms with van der Waals surface area (Å²) in [4.78, 5) is 29.9. The number of aliphatic hydroxyl groups is 3. The summed E-state index contributed by atoms with van der Waals surface area (Å²) in [5, 5.41) is 41.3. The third kappa shape index (κ3) is 3.28. The number of rotatable bonds is 4. The monoisotopic (exact) mass is 493 g/mol. The predicted molar refractivity (Wildman–Crippen MR) is 134 cm³/mol. The summed E-state index contributed by atoms with van der Waals surface area (Å²) in [6, 6.07) is 4.84. The first kappa shape index (κ1) is 24.1. The lowest BCUT2D eigenvalue weighted by Crippen LogP contribution is -2.59. The Morgan fingerprint density at radius 3 is 2.50 bits per heavy atom. The van der Waals surface area contributed by atoms with Crippen molar-refractivity contribution in [3.63, 3.8) is 0 Å². The minimum Gasteiger partial charge on any atom is -0.510 e. The van der Waals surface area contributed by atoms with Crippen LogP contribution in [-0.2, 0) is 11.2 Å². The average molecular weight is 494 g/mol. The van der Waals surface area contributed by atoms with Gasteiger partial charge in [0.25, 0.3) is 0 Å². The second-order valence-electron chi connectivity index (χ2n) is 10.4. The van der Waals surface area contributed by atoms with Crippen LogP contribution in [-0.4, -0.2) is 81.9 Å². The van der Waals surface area contributed by atoms with Crippen LogP contribution in [0.25, 0.3) is 11.3 Å². The van der Waals surface area contributed by atoms with Crippen molar-refractivity contribution in [2.45, 2.75) is 30.9 Å². The number of aromatic nitrogens is 2. The number of carbonyl (C=O) groups is 2. The minimum atomic E-state index is -1.92. The van der Waals surface area contributed by atoms with Crippen molar-refractivity contribution in [3.05, 3.63) is 58.2 Å². The number of likely N-dealkylation sites (N-methyl/N-ethyl adjacent to an activating group) is 1. The zero-order valence-electron chi connectivity index (χ0n) is 20.7. The first-order valence-electron chi connectivity index (χ1n) is 11.9. The molecule has 1 aromatic heterocycles. The lowest BCUT2D eigenvalue weighted by atomic mass is 9.59. The molecule has 5 rings (SSSR count). The normalized spacial score (nSPS) is 27.6. The van der Waals surface area contributed by atoms with Crippen LogP contribution in [0.15, 0.2) is 47.1 Å². The SMILES string of the molecule is CN(C)c1ccc(-c2ccn[nH]2)c2c1C[C@H]1C[C@H]3[C@H](N(C)C)C(O)=C(C(N)=O)C[C@@]3(O)C(O)=C1C2=O. The largest absolute Gasteiger partial charge is 0.510 e. The van der Waals surface area contributed by atoms with Crippen LogP contribution in [0.4, 0.5) is 5.69 Å². The van der Waals surface area contributed by atoms with E-state index in [4.69, 9.17) is 5.73 Å². The summed E-state index contributed by atoms with van der Waals surface area (Å²) in [6.45, 7) is 0. The van der Waals surface area contributed by atoms with Crippen molar-refractivity contribution in [1.29, 1.82) is 0 Å². The van der Waals surface area contributed by atoms with E-state index < -0.39 is 29.2 Å². The van der Waals surface area contributed by atoms with E-state index in [0.717, 1.165) is 11.3 Å². The number of nitrogens with zero attached hydrogens (tertiary/aromatic N) is 3. The first-order chi connectivity index (χ1) is 17.0. The quantitative estimate of drug-likeness (QED) is 0.431. The third-order valence-corrected chi connectivity index (χ3v) is 7.98. The van der Waals surface area contributed by atoms with Gasteiger partial charge >= 0.3 is 0 Å². The van der Waals surface area contributed by atoms with Crippen molar-refractivity contribution < 1.29 is 24.9 Å². The van der Waals surface area contributed by atoms with Gasteiger partial charge in [0.2, 0.25) is 5.91 Å². The van der Waals surface area contributed by atoms with Gasteiger partial charge in [-0.3, -0.25) is 19.6 Å². The molecule has 0 spiro atoms. The number of anilines is 1. The topological polar surface area (TPSA) is 156 Å². The van der Waals surface area contributed by atoms with Gasteiger partial charge in [0.05, 0.1) is 17.3 Å². The molecule has 10 heteroatoms. The number of primary amides is 1. The molecular weight excluding hydrogens is 462 g/mol. The first-order valence-corrected chi connectivity index (χ1v) is 11.9. The van der Waals surface area contributed by atoms with Crippen LogP contribution in [0.2, 0.25) is 0 Å². The fraction of sp³-hybridized carbons (Fsp3) is 0.423. The van der Waals surface area contributed by atoms with Crippen molar-refractivity contribution in [2.24, 2.45) is 17.6 Å². The van der Waals surface area contributed by atoms with E-state index in [-0.39, 0.29) is 35.0 Å². The Balaban J connectivity index is 1.73. The Morgan fingerprint density at radius 2 is 1.92 bits per heavy atom. The summed E-state index contributed by atoms with van der Waals surface area (Å²) in [6.07, 6.45) is 2.05. The van der Waals surface area contributed by atoms with Crippen LogP contribution < -0.4 is 10.6 Å². The molecule has 4 atom stereocenters. The van der Waals surface area contributed by atoms with Crippen LogP contribution in [0.1, 0.15) is 28.8 Å². The highest BCUT2D eigenvalue weighted by Crippen LogP contribution is 2.54. The van der Waals surface area contributed by atoms with Crippen molar-refractivity contribution >= 4 is 17.4 Å². The van der Waals surface area contributed by atoms with E-state index in [1.54, 1.807) is 31.3 Å². The summed E-state index contributed by atoms with van der Waals surface area (Å²) in [7, 11) is 7.28. The molecule has 0 aliphatic heterocycles. The van der Waals surface area contributed by atoms with Gasteiger partial charge in [0.1, 0.15) is 17.1 Å². The highest BCUT2D eigenvalue weighted by Gasteiger charge is 2.58. The minimum absolute atomic E-state index is 0.144. The fourth-order valence-electron chi connectivity index (χ4n) is 6.38. The molecule has 3 aliphatic rings. The molecule has 1 heterocycles. The highest BCUT2D eigenvalue weighted by atomic mass is 16.3. The number of amides is 1. The molecule has 1 amide bonds. The Hall–Kier alpha value is -3.63. The van der Waals surface area contributed by atoms with Gasteiger partial charge < -0.3 is 26.0 Å². The van der Waals surface area contributed by atoms with Gasteiger partial charge in [0.15, 0.2) is 5.78 Å². The standard InChI is InChI=1S/C26H31N5O5/c1-30(2)18-6-5-13(17-7-8-28-29-17)20-14(18)9-12-10-16-21(31(3)4)22(32)15(25(27)35)11-26(16,36)24(34)19(12)23(20)33/h5-8,12,16,21,32,34,36H,9-11H2,1-4H3,(H2,27,35)(H,28,29)/t12-,16-,21-,26-/m0/s1.